The molecule has 1 aromatic heterocycles. The summed E-state index contributed by atoms with van der Waals surface area (Å²) in [6.07, 6.45) is 2.40. The van der Waals surface area contributed by atoms with Crippen LogP contribution in [0.5, 0.6) is 17.5 Å². The van der Waals surface area contributed by atoms with Crippen molar-refractivity contribution in [2.45, 2.75) is 26.2 Å². The van der Waals surface area contributed by atoms with Gasteiger partial charge in [0.2, 0.25) is 11.8 Å². The maximum Gasteiger partial charge on any atom is 0.249 e. The Balaban J connectivity index is 2.35. The lowest BCUT2D eigenvalue weighted by molar-refractivity contribution is 0.390. The van der Waals surface area contributed by atoms with E-state index in [2.05, 4.69) is 29.9 Å². The molecule has 0 spiro atoms. The highest BCUT2D eigenvalue weighted by Gasteiger charge is 2.14. The number of rotatable bonds is 5. The highest BCUT2D eigenvalue weighted by Crippen LogP contribution is 2.35. The summed E-state index contributed by atoms with van der Waals surface area (Å²) in [5.74, 6) is 1.79. The monoisotopic (exact) mass is 273 g/mol. The molecule has 5 nitrogen and oxygen atoms in total. The van der Waals surface area contributed by atoms with Crippen molar-refractivity contribution < 1.29 is 9.47 Å². The Kier molecular flexibility index (Phi) is 4.40. The number of hydrogen-bond acceptors (Lipinski definition) is 5. The number of aromatic nitrogens is 2. The molecule has 0 aliphatic heterocycles. The fraction of sp³-hybridized carbons (Fsp3) is 0.333. The van der Waals surface area contributed by atoms with Crippen LogP contribution in [0, 0.1) is 0 Å². The van der Waals surface area contributed by atoms with Crippen LogP contribution in [-0.4, -0.2) is 17.1 Å². The van der Waals surface area contributed by atoms with Gasteiger partial charge in [-0.25, -0.2) is 0 Å². The molecule has 2 rings (SSSR count). The van der Waals surface area contributed by atoms with Crippen molar-refractivity contribution in [3.8, 4) is 17.5 Å². The molecule has 2 aromatic rings. The average molecular weight is 273 g/mol. The van der Waals surface area contributed by atoms with E-state index >= 15 is 0 Å². The van der Waals surface area contributed by atoms with E-state index in [1.807, 2.05) is 18.2 Å². The number of para-hydroxylation sites is 1. The van der Waals surface area contributed by atoms with Gasteiger partial charge in [0.25, 0.3) is 0 Å². The summed E-state index contributed by atoms with van der Waals surface area (Å²) in [7, 11) is 1.51. The predicted molar refractivity (Wildman–Crippen MR) is 78.2 cm³/mol. The standard InChI is InChI=1S/C15H19N3O2/c1-4-10(2)11-7-5-6-8-12(11)20-15-13(16)14(19-3)17-9-18-15/h5-10H,4,16H2,1-3H3. The average Bonchev–Trinajstić information content (AvgIpc) is 2.49. The number of nitrogens with zero attached hydrogens (tertiary/aromatic N) is 2. The Bertz CT molecular complexity index is 587. The largest absolute Gasteiger partial charge is 0.479 e. The van der Waals surface area contributed by atoms with Crippen molar-refractivity contribution in [2.75, 3.05) is 12.8 Å². The van der Waals surface area contributed by atoms with Crippen LogP contribution in [-0.2, 0) is 0 Å². The number of benzene rings is 1. The highest BCUT2D eigenvalue weighted by molar-refractivity contribution is 5.57. The molecule has 2 N–H and O–H groups in total. The second kappa shape index (κ2) is 6.23. The van der Waals surface area contributed by atoms with Gasteiger partial charge in [0.1, 0.15) is 12.1 Å². The lowest BCUT2D eigenvalue weighted by atomic mass is 9.98. The van der Waals surface area contributed by atoms with Gasteiger partial charge >= 0.3 is 0 Å². The Morgan fingerprint density at radius 3 is 2.60 bits per heavy atom. The van der Waals surface area contributed by atoms with Crippen LogP contribution in [0.3, 0.4) is 0 Å². The number of anilines is 1. The van der Waals surface area contributed by atoms with Crippen molar-refractivity contribution in [2.24, 2.45) is 0 Å². The maximum absolute atomic E-state index is 5.93. The molecule has 1 aromatic carbocycles. The Morgan fingerprint density at radius 2 is 1.90 bits per heavy atom. The minimum atomic E-state index is 0.300. The van der Waals surface area contributed by atoms with Crippen LogP contribution < -0.4 is 15.2 Å². The van der Waals surface area contributed by atoms with Crippen molar-refractivity contribution >= 4 is 5.69 Å². The molecule has 0 radical (unpaired) electrons. The molecular weight excluding hydrogens is 254 g/mol. The predicted octanol–water partition coefficient (Wildman–Crippen LogP) is 3.37. The molecule has 1 atom stereocenters. The number of nitrogen functional groups attached to an aromatic ring is 1. The zero-order valence-electron chi connectivity index (χ0n) is 12.0. The SMILES string of the molecule is CCC(C)c1ccccc1Oc1ncnc(OC)c1N. The lowest BCUT2D eigenvalue weighted by Crippen LogP contribution is -2.02. The van der Waals surface area contributed by atoms with E-state index in [0.29, 0.717) is 23.4 Å². The van der Waals surface area contributed by atoms with Gasteiger partial charge in [-0.1, -0.05) is 32.0 Å². The third-order valence-electron chi connectivity index (χ3n) is 3.27. The number of ether oxygens (including phenoxy) is 2. The highest BCUT2D eigenvalue weighted by atomic mass is 16.5. The molecule has 0 amide bonds. The van der Waals surface area contributed by atoms with Gasteiger partial charge in [-0.05, 0) is 24.0 Å². The van der Waals surface area contributed by atoms with Crippen LogP contribution in [0.25, 0.3) is 0 Å². The van der Waals surface area contributed by atoms with E-state index in [1.165, 1.54) is 13.4 Å². The summed E-state index contributed by atoms with van der Waals surface area (Å²) in [6.45, 7) is 4.30. The van der Waals surface area contributed by atoms with E-state index in [4.69, 9.17) is 15.2 Å². The van der Waals surface area contributed by atoms with Crippen LogP contribution in [0.15, 0.2) is 30.6 Å². The second-order valence-electron chi connectivity index (χ2n) is 4.55. The summed E-state index contributed by atoms with van der Waals surface area (Å²) in [5.41, 5.74) is 7.36. The zero-order valence-corrected chi connectivity index (χ0v) is 12.0. The van der Waals surface area contributed by atoms with Gasteiger partial charge < -0.3 is 15.2 Å². The quantitative estimate of drug-likeness (QED) is 0.904. The molecule has 20 heavy (non-hydrogen) atoms. The van der Waals surface area contributed by atoms with Crippen molar-refractivity contribution in [3.05, 3.63) is 36.2 Å². The molecule has 0 aliphatic carbocycles. The van der Waals surface area contributed by atoms with Gasteiger partial charge in [0, 0.05) is 0 Å². The Hall–Kier alpha value is -2.30. The number of methoxy groups -OCH3 is 1. The summed E-state index contributed by atoms with van der Waals surface area (Å²) in [5, 5.41) is 0. The smallest absolute Gasteiger partial charge is 0.249 e. The first-order valence-electron chi connectivity index (χ1n) is 6.58. The third kappa shape index (κ3) is 2.82. The van der Waals surface area contributed by atoms with E-state index in [-0.39, 0.29) is 0 Å². The van der Waals surface area contributed by atoms with Gasteiger partial charge in [-0.2, -0.15) is 9.97 Å². The van der Waals surface area contributed by atoms with E-state index < -0.39 is 0 Å². The number of nitrogens with two attached hydrogens (primary N) is 1. The first kappa shape index (κ1) is 14.1. The molecule has 0 bridgehead atoms. The summed E-state index contributed by atoms with van der Waals surface area (Å²) in [4.78, 5) is 8.00. The molecule has 0 fully saturated rings. The molecule has 5 heteroatoms. The van der Waals surface area contributed by atoms with Crippen LogP contribution in [0.4, 0.5) is 5.69 Å². The first-order chi connectivity index (χ1) is 9.67. The molecule has 1 unspecified atom stereocenters. The fourth-order valence-electron chi connectivity index (χ4n) is 1.91. The molecular formula is C15H19N3O2. The lowest BCUT2D eigenvalue weighted by Gasteiger charge is -2.15. The van der Waals surface area contributed by atoms with Crippen molar-refractivity contribution in [3.63, 3.8) is 0 Å². The molecule has 1 heterocycles. The third-order valence-corrected chi connectivity index (χ3v) is 3.27. The van der Waals surface area contributed by atoms with E-state index in [1.54, 1.807) is 0 Å². The minimum Gasteiger partial charge on any atom is -0.479 e. The first-order valence-corrected chi connectivity index (χ1v) is 6.58. The van der Waals surface area contributed by atoms with Gasteiger partial charge in [0.15, 0.2) is 5.69 Å². The van der Waals surface area contributed by atoms with Crippen LogP contribution in [0.1, 0.15) is 31.7 Å². The number of hydrogen-bond donors (Lipinski definition) is 1. The summed E-state index contributed by atoms with van der Waals surface area (Å²) in [6, 6.07) is 7.89. The van der Waals surface area contributed by atoms with Gasteiger partial charge in [-0.15, -0.1) is 0 Å². The van der Waals surface area contributed by atoms with Gasteiger partial charge in [0.05, 0.1) is 7.11 Å². The normalized spacial score (nSPS) is 11.9. The molecule has 106 valence electrons. The second-order valence-corrected chi connectivity index (χ2v) is 4.55. The topological polar surface area (TPSA) is 70.3 Å². The fourth-order valence-corrected chi connectivity index (χ4v) is 1.91. The van der Waals surface area contributed by atoms with Crippen LogP contribution in [0.2, 0.25) is 0 Å². The molecule has 0 aliphatic rings. The van der Waals surface area contributed by atoms with Crippen molar-refractivity contribution in [1.29, 1.82) is 0 Å². The van der Waals surface area contributed by atoms with E-state index in [0.717, 1.165) is 17.7 Å². The Morgan fingerprint density at radius 1 is 1.20 bits per heavy atom. The molecule has 0 saturated heterocycles. The Labute approximate surface area is 118 Å². The van der Waals surface area contributed by atoms with Crippen LogP contribution >= 0.6 is 0 Å². The minimum absolute atomic E-state index is 0.300. The van der Waals surface area contributed by atoms with E-state index in [9.17, 15) is 0 Å². The molecule has 0 saturated carbocycles. The van der Waals surface area contributed by atoms with Crippen molar-refractivity contribution in [1.82, 2.24) is 9.97 Å². The summed E-state index contributed by atoms with van der Waals surface area (Å²) >= 11 is 0. The summed E-state index contributed by atoms with van der Waals surface area (Å²) < 4.78 is 10.9. The zero-order chi connectivity index (χ0) is 14.5. The van der Waals surface area contributed by atoms with Gasteiger partial charge in [-0.3, -0.25) is 0 Å². The maximum atomic E-state index is 5.93.